The van der Waals surface area contributed by atoms with Crippen LogP contribution in [0.2, 0.25) is 0 Å². The molecule has 2 nitrogen and oxygen atoms in total. The van der Waals surface area contributed by atoms with E-state index >= 15 is 0 Å². The largest absolute Gasteiger partial charge is 0.388 e. The maximum atomic E-state index is 10.3. The number of benzene rings is 2. The lowest BCUT2D eigenvalue weighted by molar-refractivity contribution is 0.178. The molecular formula is C17H14INOS. The monoisotopic (exact) mass is 407 g/mol. The standard InChI is InChI=1S/C17H14INOS/c18-14-8-4-7-13(9-14)16(20)10-17-19-15(11-21-17)12-5-2-1-3-6-12/h1-9,11,16,20H,10H2. The normalized spacial score (nSPS) is 12.3. The number of halogens is 1. The summed E-state index contributed by atoms with van der Waals surface area (Å²) in [6, 6.07) is 18.1. The van der Waals surface area contributed by atoms with Gasteiger partial charge in [-0.25, -0.2) is 4.98 Å². The number of hydrogen-bond donors (Lipinski definition) is 1. The second kappa shape index (κ2) is 6.68. The van der Waals surface area contributed by atoms with Crippen LogP contribution >= 0.6 is 33.9 Å². The average Bonchev–Trinajstić information content (AvgIpc) is 2.97. The van der Waals surface area contributed by atoms with E-state index in [1.807, 2.05) is 47.8 Å². The zero-order valence-electron chi connectivity index (χ0n) is 11.2. The molecular weight excluding hydrogens is 393 g/mol. The van der Waals surface area contributed by atoms with Crippen LogP contribution in [0.1, 0.15) is 16.7 Å². The molecule has 1 heterocycles. The van der Waals surface area contributed by atoms with E-state index in [1.54, 1.807) is 11.3 Å². The first-order chi connectivity index (χ1) is 10.2. The topological polar surface area (TPSA) is 33.1 Å². The van der Waals surface area contributed by atoms with Gasteiger partial charge in [-0.2, -0.15) is 0 Å². The second-order valence-corrected chi connectivity index (χ2v) is 6.96. The molecule has 4 heteroatoms. The predicted molar refractivity (Wildman–Crippen MR) is 95.4 cm³/mol. The van der Waals surface area contributed by atoms with Crippen molar-refractivity contribution in [3.8, 4) is 11.3 Å². The Balaban J connectivity index is 1.75. The van der Waals surface area contributed by atoms with Crippen molar-refractivity contribution in [2.45, 2.75) is 12.5 Å². The Morgan fingerprint density at radius 1 is 1.10 bits per heavy atom. The lowest BCUT2D eigenvalue weighted by Crippen LogP contribution is -2.01. The highest BCUT2D eigenvalue weighted by atomic mass is 127. The molecule has 0 saturated heterocycles. The summed E-state index contributed by atoms with van der Waals surface area (Å²) in [7, 11) is 0. The van der Waals surface area contributed by atoms with E-state index in [1.165, 1.54) is 0 Å². The van der Waals surface area contributed by atoms with Gasteiger partial charge in [0.2, 0.25) is 0 Å². The van der Waals surface area contributed by atoms with E-state index in [2.05, 4.69) is 39.7 Å². The zero-order valence-corrected chi connectivity index (χ0v) is 14.2. The first-order valence-corrected chi connectivity index (χ1v) is 8.61. The molecule has 1 atom stereocenters. The van der Waals surface area contributed by atoms with E-state index in [0.29, 0.717) is 6.42 Å². The molecule has 1 unspecified atom stereocenters. The molecule has 3 aromatic rings. The number of aliphatic hydroxyl groups is 1. The van der Waals surface area contributed by atoms with E-state index in [9.17, 15) is 5.11 Å². The minimum absolute atomic E-state index is 0.505. The van der Waals surface area contributed by atoms with Crippen molar-refractivity contribution in [3.05, 3.63) is 74.1 Å². The Morgan fingerprint density at radius 3 is 2.67 bits per heavy atom. The van der Waals surface area contributed by atoms with Crippen LogP contribution in [0.4, 0.5) is 0 Å². The molecule has 0 amide bonds. The molecule has 2 aromatic carbocycles. The molecule has 106 valence electrons. The number of aliphatic hydroxyl groups excluding tert-OH is 1. The third kappa shape index (κ3) is 3.70. The minimum atomic E-state index is -0.505. The molecule has 1 aromatic heterocycles. The molecule has 0 aliphatic heterocycles. The highest BCUT2D eigenvalue weighted by molar-refractivity contribution is 14.1. The Bertz CT molecular complexity index is 726. The fourth-order valence-corrected chi connectivity index (χ4v) is 3.55. The Kier molecular flexibility index (Phi) is 4.67. The van der Waals surface area contributed by atoms with Gasteiger partial charge in [-0.15, -0.1) is 11.3 Å². The number of rotatable bonds is 4. The summed E-state index contributed by atoms with van der Waals surface area (Å²) in [4.78, 5) is 4.63. The van der Waals surface area contributed by atoms with Gasteiger partial charge >= 0.3 is 0 Å². The highest BCUT2D eigenvalue weighted by Crippen LogP contribution is 2.26. The fourth-order valence-electron chi connectivity index (χ4n) is 2.14. The smallest absolute Gasteiger partial charge is 0.0961 e. The summed E-state index contributed by atoms with van der Waals surface area (Å²) in [6.45, 7) is 0. The number of hydrogen-bond acceptors (Lipinski definition) is 3. The van der Waals surface area contributed by atoms with Crippen molar-refractivity contribution in [2.75, 3.05) is 0 Å². The van der Waals surface area contributed by atoms with E-state index in [4.69, 9.17) is 0 Å². The lowest BCUT2D eigenvalue weighted by Gasteiger charge is -2.09. The molecule has 0 fully saturated rings. The van der Waals surface area contributed by atoms with Crippen LogP contribution in [0.5, 0.6) is 0 Å². The van der Waals surface area contributed by atoms with Crippen LogP contribution in [0.3, 0.4) is 0 Å². The lowest BCUT2D eigenvalue weighted by atomic mass is 10.1. The highest BCUT2D eigenvalue weighted by Gasteiger charge is 2.12. The third-order valence-corrected chi connectivity index (χ3v) is 4.76. The summed E-state index contributed by atoms with van der Waals surface area (Å²) < 4.78 is 1.13. The van der Waals surface area contributed by atoms with Gasteiger partial charge in [-0.1, -0.05) is 42.5 Å². The summed E-state index contributed by atoms with van der Waals surface area (Å²) in [5, 5.41) is 13.3. The van der Waals surface area contributed by atoms with Gasteiger partial charge < -0.3 is 5.11 Å². The number of nitrogens with zero attached hydrogens (tertiary/aromatic N) is 1. The van der Waals surface area contributed by atoms with Crippen LogP contribution in [0.25, 0.3) is 11.3 Å². The SMILES string of the molecule is OC(Cc1nc(-c2ccccc2)cs1)c1cccc(I)c1. The molecule has 0 saturated carbocycles. The van der Waals surface area contributed by atoms with Crippen LogP contribution in [-0.2, 0) is 6.42 Å². The quantitative estimate of drug-likeness (QED) is 0.637. The van der Waals surface area contributed by atoms with Gasteiger partial charge in [-0.05, 0) is 40.3 Å². The van der Waals surface area contributed by atoms with Crippen LogP contribution in [-0.4, -0.2) is 10.1 Å². The number of thiazole rings is 1. The summed E-state index contributed by atoms with van der Waals surface area (Å²) in [6.07, 6.45) is 0.0481. The van der Waals surface area contributed by atoms with Gasteiger partial charge in [0, 0.05) is 20.9 Å². The van der Waals surface area contributed by atoms with Gasteiger partial charge in [0.1, 0.15) is 0 Å². The number of aromatic nitrogens is 1. The molecule has 21 heavy (non-hydrogen) atoms. The molecule has 0 bridgehead atoms. The molecule has 3 rings (SSSR count). The van der Waals surface area contributed by atoms with Gasteiger partial charge in [0.15, 0.2) is 0 Å². The van der Waals surface area contributed by atoms with Crippen molar-refractivity contribution < 1.29 is 5.11 Å². The van der Waals surface area contributed by atoms with Crippen LogP contribution < -0.4 is 0 Å². The first kappa shape index (κ1) is 14.7. The Morgan fingerprint density at radius 2 is 1.90 bits per heavy atom. The molecule has 0 radical (unpaired) electrons. The maximum absolute atomic E-state index is 10.3. The Hall–Kier alpha value is -1.24. The van der Waals surface area contributed by atoms with E-state index in [0.717, 1.165) is 25.4 Å². The van der Waals surface area contributed by atoms with Crippen molar-refractivity contribution in [2.24, 2.45) is 0 Å². The Labute approximate surface area is 141 Å². The van der Waals surface area contributed by atoms with Crippen molar-refractivity contribution >= 4 is 33.9 Å². The second-order valence-electron chi connectivity index (χ2n) is 4.77. The molecule has 0 aliphatic carbocycles. The van der Waals surface area contributed by atoms with E-state index < -0.39 is 6.10 Å². The van der Waals surface area contributed by atoms with Crippen LogP contribution in [0, 0.1) is 3.57 Å². The molecule has 1 N–H and O–H groups in total. The summed E-state index contributed by atoms with van der Waals surface area (Å²) in [5.41, 5.74) is 3.03. The average molecular weight is 407 g/mol. The molecule has 0 aliphatic rings. The zero-order chi connectivity index (χ0) is 14.7. The van der Waals surface area contributed by atoms with Crippen molar-refractivity contribution in [3.63, 3.8) is 0 Å². The predicted octanol–water partition coefficient (Wildman–Crippen LogP) is 4.69. The van der Waals surface area contributed by atoms with Crippen molar-refractivity contribution in [1.82, 2.24) is 4.98 Å². The van der Waals surface area contributed by atoms with Crippen LogP contribution in [0.15, 0.2) is 60.0 Å². The summed E-state index contributed by atoms with van der Waals surface area (Å²) >= 11 is 3.86. The first-order valence-electron chi connectivity index (χ1n) is 6.66. The third-order valence-electron chi connectivity index (χ3n) is 3.22. The van der Waals surface area contributed by atoms with Gasteiger partial charge in [0.25, 0.3) is 0 Å². The summed E-state index contributed by atoms with van der Waals surface area (Å²) in [5.74, 6) is 0. The van der Waals surface area contributed by atoms with E-state index in [-0.39, 0.29) is 0 Å². The van der Waals surface area contributed by atoms with Gasteiger partial charge in [0.05, 0.1) is 16.8 Å². The maximum Gasteiger partial charge on any atom is 0.0961 e. The molecule has 0 spiro atoms. The van der Waals surface area contributed by atoms with Crippen molar-refractivity contribution in [1.29, 1.82) is 0 Å². The fraction of sp³-hybridized carbons (Fsp3) is 0.118. The minimum Gasteiger partial charge on any atom is -0.388 e. The van der Waals surface area contributed by atoms with Gasteiger partial charge in [-0.3, -0.25) is 0 Å².